The second-order valence-corrected chi connectivity index (χ2v) is 6.75. The van der Waals surface area contributed by atoms with Gasteiger partial charge in [0.25, 0.3) is 0 Å². The highest BCUT2D eigenvalue weighted by Crippen LogP contribution is 2.31. The van der Waals surface area contributed by atoms with Crippen LogP contribution in [0.5, 0.6) is 0 Å². The number of hydrogen-bond acceptors (Lipinski definition) is 3. The van der Waals surface area contributed by atoms with Crippen LogP contribution in [0, 0.1) is 11.3 Å². The first-order valence-corrected chi connectivity index (χ1v) is 7.57. The molecule has 1 N–H and O–H groups in total. The fraction of sp³-hybridized carbons (Fsp3) is 0.933. The normalized spacial score (nSPS) is 28.1. The lowest BCUT2D eigenvalue weighted by molar-refractivity contribution is -0.137. The Balaban J connectivity index is 1.90. The van der Waals surface area contributed by atoms with E-state index in [1.54, 1.807) is 0 Å². The van der Waals surface area contributed by atoms with Crippen molar-refractivity contribution in [3.63, 3.8) is 0 Å². The van der Waals surface area contributed by atoms with Crippen LogP contribution < -0.4 is 5.32 Å². The summed E-state index contributed by atoms with van der Waals surface area (Å²) < 4.78 is 5.38. The lowest BCUT2D eigenvalue weighted by Crippen LogP contribution is -2.56. The van der Waals surface area contributed by atoms with Crippen LogP contribution in [-0.4, -0.2) is 50.2 Å². The van der Waals surface area contributed by atoms with Gasteiger partial charge in [0.2, 0.25) is 5.91 Å². The summed E-state index contributed by atoms with van der Waals surface area (Å²) in [5.74, 6) is 0.866. The fourth-order valence-corrected chi connectivity index (χ4v) is 3.26. The summed E-state index contributed by atoms with van der Waals surface area (Å²) in [6.07, 6.45) is 4.46. The van der Waals surface area contributed by atoms with Crippen molar-refractivity contribution < 1.29 is 9.53 Å². The number of piperidine rings is 1. The summed E-state index contributed by atoms with van der Waals surface area (Å²) in [6, 6.07) is -0.0221. The minimum Gasteiger partial charge on any atom is -0.381 e. The third kappa shape index (κ3) is 3.69. The maximum atomic E-state index is 12.6. The summed E-state index contributed by atoms with van der Waals surface area (Å²) in [7, 11) is 1.95. The second kappa shape index (κ2) is 6.23. The molecule has 19 heavy (non-hydrogen) atoms. The van der Waals surface area contributed by atoms with Crippen LogP contribution in [0.15, 0.2) is 0 Å². The maximum Gasteiger partial charge on any atom is 0.240 e. The van der Waals surface area contributed by atoms with Gasteiger partial charge < -0.3 is 15.0 Å². The van der Waals surface area contributed by atoms with Crippen LogP contribution >= 0.6 is 0 Å². The van der Waals surface area contributed by atoms with E-state index >= 15 is 0 Å². The molecule has 0 aliphatic carbocycles. The van der Waals surface area contributed by atoms with Crippen molar-refractivity contribution in [2.45, 2.75) is 45.6 Å². The van der Waals surface area contributed by atoms with Gasteiger partial charge in [-0.05, 0) is 43.6 Å². The van der Waals surface area contributed by atoms with Crippen LogP contribution in [0.2, 0.25) is 0 Å². The van der Waals surface area contributed by atoms with Crippen molar-refractivity contribution in [1.82, 2.24) is 10.2 Å². The molecule has 2 aliphatic heterocycles. The van der Waals surface area contributed by atoms with Crippen molar-refractivity contribution in [1.29, 1.82) is 0 Å². The van der Waals surface area contributed by atoms with E-state index in [1.165, 1.54) is 6.42 Å². The van der Waals surface area contributed by atoms with Gasteiger partial charge in [0, 0.05) is 26.8 Å². The number of carbonyl (C=O) groups is 1. The SMILES string of the molecule is CN(CC1CCOCC1)C(=O)C1NCCCC1(C)C. The Kier molecular flexibility index (Phi) is 4.85. The molecule has 0 saturated carbocycles. The zero-order valence-corrected chi connectivity index (χ0v) is 12.6. The van der Waals surface area contributed by atoms with Crippen LogP contribution in [0.3, 0.4) is 0 Å². The molecule has 2 heterocycles. The minimum absolute atomic E-state index is 0.0221. The van der Waals surface area contributed by atoms with Gasteiger partial charge in [0.05, 0.1) is 6.04 Å². The van der Waals surface area contributed by atoms with E-state index in [2.05, 4.69) is 19.2 Å². The molecule has 1 amide bonds. The van der Waals surface area contributed by atoms with Gasteiger partial charge in [-0.25, -0.2) is 0 Å². The summed E-state index contributed by atoms with van der Waals surface area (Å²) in [4.78, 5) is 14.6. The lowest BCUT2D eigenvalue weighted by atomic mass is 9.77. The molecule has 0 bridgehead atoms. The van der Waals surface area contributed by atoms with Gasteiger partial charge in [-0.15, -0.1) is 0 Å². The molecule has 1 atom stereocenters. The highest BCUT2D eigenvalue weighted by Gasteiger charge is 2.38. The molecule has 2 fully saturated rings. The number of carbonyl (C=O) groups excluding carboxylic acids is 1. The third-order valence-corrected chi connectivity index (χ3v) is 4.62. The lowest BCUT2D eigenvalue weighted by Gasteiger charge is -2.40. The summed E-state index contributed by atoms with van der Waals surface area (Å²) in [6.45, 7) is 7.93. The quantitative estimate of drug-likeness (QED) is 0.846. The average molecular weight is 268 g/mol. The molecule has 2 rings (SSSR count). The van der Waals surface area contributed by atoms with Crippen molar-refractivity contribution in [3.05, 3.63) is 0 Å². The van der Waals surface area contributed by atoms with Crippen molar-refractivity contribution in [2.75, 3.05) is 33.4 Å². The first-order chi connectivity index (χ1) is 9.00. The van der Waals surface area contributed by atoms with Crippen molar-refractivity contribution in [2.24, 2.45) is 11.3 Å². The van der Waals surface area contributed by atoms with Crippen LogP contribution in [0.1, 0.15) is 39.5 Å². The Morgan fingerprint density at radius 3 is 2.68 bits per heavy atom. The zero-order chi connectivity index (χ0) is 13.9. The van der Waals surface area contributed by atoms with Gasteiger partial charge in [-0.1, -0.05) is 13.8 Å². The molecule has 0 radical (unpaired) electrons. The predicted molar refractivity (Wildman–Crippen MR) is 76.0 cm³/mol. The number of ether oxygens (including phenoxy) is 1. The maximum absolute atomic E-state index is 12.6. The molecule has 4 heteroatoms. The van der Waals surface area contributed by atoms with Crippen LogP contribution in [0.25, 0.3) is 0 Å². The number of amides is 1. The molecule has 0 aromatic rings. The van der Waals surface area contributed by atoms with Gasteiger partial charge in [-0.2, -0.15) is 0 Å². The Hall–Kier alpha value is -0.610. The fourth-order valence-electron chi connectivity index (χ4n) is 3.26. The van der Waals surface area contributed by atoms with Gasteiger partial charge in [-0.3, -0.25) is 4.79 Å². The Bertz CT molecular complexity index is 311. The molecule has 0 aromatic heterocycles. The van der Waals surface area contributed by atoms with Crippen LogP contribution in [0.4, 0.5) is 0 Å². The minimum atomic E-state index is -0.0221. The summed E-state index contributed by atoms with van der Waals surface area (Å²) >= 11 is 0. The van der Waals surface area contributed by atoms with E-state index in [1.807, 2.05) is 11.9 Å². The van der Waals surface area contributed by atoms with E-state index in [9.17, 15) is 4.79 Å². The summed E-state index contributed by atoms with van der Waals surface area (Å²) in [5.41, 5.74) is 0.0687. The molecule has 0 spiro atoms. The zero-order valence-electron chi connectivity index (χ0n) is 12.6. The second-order valence-electron chi connectivity index (χ2n) is 6.75. The molecule has 2 aliphatic rings. The smallest absolute Gasteiger partial charge is 0.240 e. The Labute approximate surface area is 116 Å². The molecule has 4 nitrogen and oxygen atoms in total. The molecular formula is C15H28N2O2. The molecule has 2 saturated heterocycles. The third-order valence-electron chi connectivity index (χ3n) is 4.62. The van der Waals surface area contributed by atoms with Crippen molar-refractivity contribution >= 4 is 5.91 Å². The molecule has 1 unspecified atom stereocenters. The van der Waals surface area contributed by atoms with Crippen LogP contribution in [-0.2, 0) is 9.53 Å². The highest BCUT2D eigenvalue weighted by atomic mass is 16.5. The topological polar surface area (TPSA) is 41.6 Å². The largest absolute Gasteiger partial charge is 0.381 e. The molecular weight excluding hydrogens is 240 g/mol. The van der Waals surface area contributed by atoms with E-state index in [0.29, 0.717) is 5.92 Å². The number of likely N-dealkylation sites (N-methyl/N-ethyl adjacent to an activating group) is 1. The predicted octanol–water partition coefficient (Wildman–Crippen LogP) is 1.65. The van der Waals surface area contributed by atoms with E-state index in [4.69, 9.17) is 4.74 Å². The van der Waals surface area contributed by atoms with Gasteiger partial charge in [0.15, 0.2) is 0 Å². The van der Waals surface area contributed by atoms with E-state index in [0.717, 1.165) is 45.6 Å². The monoisotopic (exact) mass is 268 g/mol. The Morgan fingerprint density at radius 1 is 1.37 bits per heavy atom. The van der Waals surface area contributed by atoms with Crippen molar-refractivity contribution in [3.8, 4) is 0 Å². The Morgan fingerprint density at radius 2 is 2.05 bits per heavy atom. The average Bonchev–Trinajstić information content (AvgIpc) is 2.38. The highest BCUT2D eigenvalue weighted by molar-refractivity contribution is 5.82. The van der Waals surface area contributed by atoms with Gasteiger partial charge >= 0.3 is 0 Å². The summed E-state index contributed by atoms with van der Waals surface area (Å²) in [5, 5.41) is 3.41. The first-order valence-electron chi connectivity index (χ1n) is 7.57. The van der Waals surface area contributed by atoms with E-state index < -0.39 is 0 Å². The number of nitrogens with zero attached hydrogens (tertiary/aromatic N) is 1. The molecule has 0 aromatic carbocycles. The molecule has 110 valence electrons. The number of hydrogen-bond donors (Lipinski definition) is 1. The van der Waals surface area contributed by atoms with Gasteiger partial charge in [0.1, 0.15) is 0 Å². The van der Waals surface area contributed by atoms with E-state index in [-0.39, 0.29) is 17.4 Å². The first kappa shape index (κ1) is 14.8. The standard InChI is InChI=1S/C15H28N2O2/c1-15(2)7-4-8-16-13(15)14(18)17(3)11-12-5-9-19-10-6-12/h12-13,16H,4-11H2,1-3H3. The number of rotatable bonds is 3. The number of nitrogens with one attached hydrogen (secondary N) is 1.